The summed E-state index contributed by atoms with van der Waals surface area (Å²) in [6.07, 6.45) is -0.994. The van der Waals surface area contributed by atoms with E-state index in [9.17, 15) is 18.0 Å². The zero-order valence-electron chi connectivity index (χ0n) is 11.4. The van der Waals surface area contributed by atoms with Crippen LogP contribution in [0.15, 0.2) is 36.4 Å². The first-order valence-corrected chi connectivity index (χ1v) is 6.62. The maximum atomic E-state index is 13.1. The predicted molar refractivity (Wildman–Crippen MR) is 76.5 cm³/mol. The molecule has 1 amide bonds. The molecule has 2 rings (SSSR count). The quantitative estimate of drug-likeness (QED) is 0.914. The van der Waals surface area contributed by atoms with Gasteiger partial charge in [-0.05, 0) is 37.3 Å². The Kier molecular flexibility index (Phi) is 4.92. The topological polar surface area (TPSA) is 38.3 Å². The number of ether oxygens (including phenoxy) is 1. The van der Waals surface area contributed by atoms with Crippen molar-refractivity contribution in [2.75, 3.05) is 5.32 Å². The molecule has 0 fully saturated rings. The van der Waals surface area contributed by atoms with E-state index in [4.69, 9.17) is 16.3 Å². The molecule has 0 aliphatic heterocycles. The van der Waals surface area contributed by atoms with E-state index in [1.54, 1.807) is 0 Å². The van der Waals surface area contributed by atoms with E-state index in [2.05, 4.69) is 5.32 Å². The maximum Gasteiger partial charge on any atom is 0.265 e. The summed E-state index contributed by atoms with van der Waals surface area (Å²) in [4.78, 5) is 11.9. The molecule has 0 saturated heterocycles. The van der Waals surface area contributed by atoms with Gasteiger partial charge in [-0.1, -0.05) is 11.6 Å². The molecule has 1 atom stereocenters. The number of halogens is 4. The van der Waals surface area contributed by atoms with E-state index >= 15 is 0 Å². The summed E-state index contributed by atoms with van der Waals surface area (Å²) < 4.78 is 44.0. The molecule has 0 unspecified atom stereocenters. The maximum absolute atomic E-state index is 13.1. The fourth-order valence-electron chi connectivity index (χ4n) is 1.63. The zero-order valence-corrected chi connectivity index (χ0v) is 12.1. The van der Waals surface area contributed by atoms with Crippen LogP contribution in [0.3, 0.4) is 0 Å². The third-order valence-electron chi connectivity index (χ3n) is 2.76. The fraction of sp³-hybridized carbons (Fsp3) is 0.133. The second kappa shape index (κ2) is 6.70. The van der Waals surface area contributed by atoms with Gasteiger partial charge in [0.1, 0.15) is 11.6 Å². The van der Waals surface area contributed by atoms with Gasteiger partial charge in [0.15, 0.2) is 17.7 Å². The minimum atomic E-state index is -1.08. The second-order valence-corrected chi connectivity index (χ2v) is 4.86. The van der Waals surface area contributed by atoms with Crippen molar-refractivity contribution in [3.8, 4) is 5.75 Å². The van der Waals surface area contributed by atoms with Crippen molar-refractivity contribution in [3.63, 3.8) is 0 Å². The standard InChI is InChI=1S/C15H11ClF3NO2/c1-8(22-10-3-4-12(18)13(19)7-10)15(21)20-14-5-2-9(17)6-11(14)16/h2-8H,1H3,(H,20,21)/t8-/m1/s1. The van der Waals surface area contributed by atoms with Crippen LogP contribution in [-0.2, 0) is 4.79 Å². The molecule has 0 aromatic heterocycles. The van der Waals surface area contributed by atoms with Gasteiger partial charge in [-0.2, -0.15) is 0 Å². The van der Waals surface area contributed by atoms with Crippen LogP contribution in [0, 0.1) is 17.5 Å². The van der Waals surface area contributed by atoms with Gasteiger partial charge < -0.3 is 10.1 Å². The molecular formula is C15H11ClF3NO2. The average Bonchev–Trinajstić information content (AvgIpc) is 2.45. The third-order valence-corrected chi connectivity index (χ3v) is 3.07. The van der Waals surface area contributed by atoms with Crippen molar-refractivity contribution in [2.45, 2.75) is 13.0 Å². The zero-order chi connectivity index (χ0) is 16.3. The molecule has 2 aromatic rings. The molecule has 0 bridgehead atoms. The summed E-state index contributed by atoms with van der Waals surface area (Å²) in [7, 11) is 0. The van der Waals surface area contributed by atoms with Crippen LogP contribution >= 0.6 is 11.6 Å². The Morgan fingerprint density at radius 2 is 1.86 bits per heavy atom. The normalized spacial score (nSPS) is 11.9. The van der Waals surface area contributed by atoms with Crippen LogP contribution in [0.25, 0.3) is 0 Å². The molecule has 0 heterocycles. The lowest BCUT2D eigenvalue weighted by atomic mass is 10.2. The van der Waals surface area contributed by atoms with Crippen LogP contribution in [0.4, 0.5) is 18.9 Å². The first-order chi connectivity index (χ1) is 10.4. The molecule has 0 spiro atoms. The summed E-state index contributed by atoms with van der Waals surface area (Å²) in [6, 6.07) is 6.43. The molecule has 0 aliphatic rings. The molecule has 3 nitrogen and oxygen atoms in total. The number of rotatable bonds is 4. The third kappa shape index (κ3) is 3.92. The lowest BCUT2D eigenvalue weighted by Crippen LogP contribution is -2.30. The van der Waals surface area contributed by atoms with E-state index in [0.717, 1.165) is 24.3 Å². The fourth-order valence-corrected chi connectivity index (χ4v) is 1.85. The Morgan fingerprint density at radius 1 is 1.14 bits per heavy atom. The number of carbonyl (C=O) groups excluding carboxylic acids is 1. The summed E-state index contributed by atoms with van der Waals surface area (Å²) in [5.41, 5.74) is 0.216. The lowest BCUT2D eigenvalue weighted by molar-refractivity contribution is -0.122. The van der Waals surface area contributed by atoms with E-state index in [0.29, 0.717) is 0 Å². The van der Waals surface area contributed by atoms with Gasteiger partial charge in [0.2, 0.25) is 0 Å². The van der Waals surface area contributed by atoms with Crippen molar-refractivity contribution in [1.29, 1.82) is 0 Å². The molecule has 1 N–H and O–H groups in total. The Hall–Kier alpha value is -2.21. The molecule has 116 valence electrons. The summed E-state index contributed by atoms with van der Waals surface area (Å²) >= 11 is 5.79. The summed E-state index contributed by atoms with van der Waals surface area (Å²) in [5, 5.41) is 2.49. The first-order valence-electron chi connectivity index (χ1n) is 6.24. The molecule has 0 saturated carbocycles. The highest BCUT2D eigenvalue weighted by molar-refractivity contribution is 6.33. The number of amides is 1. The smallest absolute Gasteiger partial charge is 0.265 e. The second-order valence-electron chi connectivity index (χ2n) is 4.45. The average molecular weight is 330 g/mol. The highest BCUT2D eigenvalue weighted by Crippen LogP contribution is 2.23. The molecule has 0 radical (unpaired) electrons. The molecule has 7 heteroatoms. The van der Waals surface area contributed by atoms with Gasteiger partial charge in [-0.3, -0.25) is 4.79 Å². The number of anilines is 1. The Morgan fingerprint density at radius 3 is 2.50 bits per heavy atom. The highest BCUT2D eigenvalue weighted by Gasteiger charge is 2.17. The van der Waals surface area contributed by atoms with E-state index in [-0.39, 0.29) is 16.5 Å². The number of hydrogen-bond acceptors (Lipinski definition) is 2. The minimum Gasteiger partial charge on any atom is -0.481 e. The Labute approximate surface area is 129 Å². The lowest BCUT2D eigenvalue weighted by Gasteiger charge is -2.15. The monoisotopic (exact) mass is 329 g/mol. The molecule has 2 aromatic carbocycles. The minimum absolute atomic E-state index is 0.00625. The van der Waals surface area contributed by atoms with Crippen molar-refractivity contribution in [1.82, 2.24) is 0 Å². The first kappa shape index (κ1) is 16.2. The van der Waals surface area contributed by atoms with Gasteiger partial charge in [-0.15, -0.1) is 0 Å². The SMILES string of the molecule is C[C@@H](Oc1ccc(F)c(F)c1)C(=O)Nc1ccc(F)cc1Cl. The van der Waals surface area contributed by atoms with Crippen molar-refractivity contribution >= 4 is 23.2 Å². The number of hydrogen-bond donors (Lipinski definition) is 1. The Balaban J connectivity index is 2.04. The van der Waals surface area contributed by atoms with Crippen LogP contribution in [0.2, 0.25) is 5.02 Å². The van der Waals surface area contributed by atoms with E-state index in [1.807, 2.05) is 0 Å². The number of nitrogens with one attached hydrogen (secondary N) is 1. The molecular weight excluding hydrogens is 319 g/mol. The van der Waals surface area contributed by atoms with Gasteiger partial charge in [0.05, 0.1) is 10.7 Å². The summed E-state index contributed by atoms with van der Waals surface area (Å²) in [5.74, 6) is -3.19. The largest absolute Gasteiger partial charge is 0.481 e. The van der Waals surface area contributed by atoms with Gasteiger partial charge in [0, 0.05) is 6.07 Å². The molecule has 0 aliphatic carbocycles. The summed E-state index contributed by atoms with van der Waals surface area (Å²) in [6.45, 7) is 1.42. The van der Waals surface area contributed by atoms with Gasteiger partial charge >= 0.3 is 0 Å². The van der Waals surface area contributed by atoms with E-state index < -0.39 is 29.5 Å². The number of carbonyl (C=O) groups is 1. The van der Waals surface area contributed by atoms with Gasteiger partial charge in [0.25, 0.3) is 5.91 Å². The van der Waals surface area contributed by atoms with Crippen LogP contribution in [0.5, 0.6) is 5.75 Å². The van der Waals surface area contributed by atoms with Crippen molar-refractivity contribution < 1.29 is 22.7 Å². The number of benzene rings is 2. The van der Waals surface area contributed by atoms with Gasteiger partial charge in [-0.25, -0.2) is 13.2 Å². The van der Waals surface area contributed by atoms with E-state index in [1.165, 1.54) is 19.1 Å². The van der Waals surface area contributed by atoms with Crippen molar-refractivity contribution in [3.05, 3.63) is 58.9 Å². The Bertz CT molecular complexity index is 709. The van der Waals surface area contributed by atoms with Crippen LogP contribution in [-0.4, -0.2) is 12.0 Å². The molecule has 22 heavy (non-hydrogen) atoms. The van der Waals surface area contributed by atoms with Crippen LogP contribution < -0.4 is 10.1 Å². The predicted octanol–water partition coefficient (Wildman–Crippen LogP) is 4.16. The van der Waals surface area contributed by atoms with Crippen molar-refractivity contribution in [2.24, 2.45) is 0 Å². The van der Waals surface area contributed by atoms with Crippen LogP contribution in [0.1, 0.15) is 6.92 Å². The highest BCUT2D eigenvalue weighted by atomic mass is 35.5.